The number of carbonyl (C=O) groups excluding carboxylic acids is 5. The van der Waals surface area contributed by atoms with Gasteiger partial charge in [-0.1, -0.05) is 35.0 Å². The molecular weight excluding hydrogens is 825 g/mol. The van der Waals surface area contributed by atoms with Crippen molar-refractivity contribution in [2.24, 2.45) is 5.16 Å². The van der Waals surface area contributed by atoms with E-state index in [1.54, 1.807) is 6.92 Å². The highest BCUT2D eigenvalue weighted by atomic mass is 35.5. The van der Waals surface area contributed by atoms with Crippen LogP contribution in [0.25, 0.3) is 5.70 Å². The maximum atomic E-state index is 14.0. The molecule has 3 aromatic rings. The van der Waals surface area contributed by atoms with E-state index in [1.807, 2.05) is 0 Å². The molecule has 24 heteroatoms. The van der Waals surface area contributed by atoms with E-state index in [4.69, 9.17) is 26.9 Å². The van der Waals surface area contributed by atoms with Crippen LogP contribution in [-0.2, 0) is 28.8 Å². The summed E-state index contributed by atoms with van der Waals surface area (Å²) in [5.74, 6) is -5.30. The number of phenols is 2. The second-order valence-corrected chi connectivity index (χ2v) is 16.5. The SMILES string of the molecule is CCCC(=O)[C@H](COC(C)=O)O/N=C(\C(=O)N[C@@H]1C(=O)N2C(c3nn[nH]n3)=C(C[N+]3(CCNC(=O)c4cc(O)c(O)c(F)c4)CCCC3)CS[C@H]12)c1nc(N)sc1Cl. The molecule has 2 saturated heterocycles. The van der Waals surface area contributed by atoms with Crippen molar-refractivity contribution in [2.75, 3.05) is 50.8 Å². The van der Waals surface area contributed by atoms with Crippen molar-refractivity contribution >= 4 is 80.7 Å². The molecule has 0 bridgehead atoms. The van der Waals surface area contributed by atoms with Crippen LogP contribution in [0.3, 0.4) is 0 Å². The van der Waals surface area contributed by atoms with Crippen LogP contribution in [0.4, 0.5) is 9.52 Å². The number of amides is 3. The number of esters is 1. The molecule has 310 valence electrons. The van der Waals surface area contributed by atoms with Crippen molar-refractivity contribution in [1.29, 1.82) is 0 Å². The van der Waals surface area contributed by atoms with Gasteiger partial charge < -0.3 is 40.6 Å². The lowest BCUT2D eigenvalue weighted by atomic mass is 10.0. The fourth-order valence-electron chi connectivity index (χ4n) is 6.94. The number of quaternary nitrogens is 1. The summed E-state index contributed by atoms with van der Waals surface area (Å²) in [6.07, 6.45) is 1.06. The lowest BCUT2D eigenvalue weighted by molar-refractivity contribution is -0.911. The van der Waals surface area contributed by atoms with Gasteiger partial charge in [-0.2, -0.15) is 5.21 Å². The molecule has 2 fully saturated rings. The summed E-state index contributed by atoms with van der Waals surface area (Å²) in [6, 6.07) is 0.763. The number of thiazole rings is 1. The van der Waals surface area contributed by atoms with Gasteiger partial charge in [0.05, 0.1) is 31.9 Å². The lowest BCUT2D eigenvalue weighted by Crippen LogP contribution is -2.70. The van der Waals surface area contributed by atoms with Crippen molar-refractivity contribution in [1.82, 2.24) is 41.1 Å². The Morgan fingerprint density at radius 1 is 1.24 bits per heavy atom. The normalized spacial score (nSPS) is 19.3. The van der Waals surface area contributed by atoms with Crippen LogP contribution in [0.15, 0.2) is 22.9 Å². The smallest absolute Gasteiger partial charge is 0.302 e. The van der Waals surface area contributed by atoms with Crippen LogP contribution in [0.5, 0.6) is 11.5 Å². The Kier molecular flexibility index (Phi) is 13.1. The summed E-state index contributed by atoms with van der Waals surface area (Å²) in [5, 5.41) is 42.6. The third kappa shape index (κ3) is 9.16. The Hall–Kier alpha value is -5.39. The molecule has 1 aromatic carbocycles. The number of nitrogens with two attached hydrogens (primary N) is 1. The number of nitrogen functional groups attached to an aromatic ring is 1. The van der Waals surface area contributed by atoms with E-state index in [-0.39, 0.29) is 39.5 Å². The average molecular weight is 865 g/mol. The number of aromatic nitrogens is 5. The molecule has 6 rings (SSSR count). The zero-order valence-corrected chi connectivity index (χ0v) is 33.6. The molecule has 7 N–H and O–H groups in total. The number of aromatic amines is 1. The van der Waals surface area contributed by atoms with Crippen molar-refractivity contribution in [2.45, 2.75) is 57.1 Å². The minimum Gasteiger partial charge on any atom is -0.504 e. The van der Waals surface area contributed by atoms with E-state index in [0.29, 0.717) is 35.4 Å². The summed E-state index contributed by atoms with van der Waals surface area (Å²) in [6.45, 7) is 5.20. The largest absolute Gasteiger partial charge is 0.504 e. The number of nitrogens with zero attached hydrogens (tertiary/aromatic N) is 7. The number of phenolic OH excluding ortho intramolecular Hbond substituents is 2. The molecule has 20 nitrogen and oxygen atoms in total. The number of β-lactam (4-membered cyclic amide) rings is 1. The molecule has 3 amide bonds. The zero-order chi connectivity index (χ0) is 41.7. The number of ketones is 1. The van der Waals surface area contributed by atoms with Crippen LogP contribution in [0, 0.1) is 5.82 Å². The van der Waals surface area contributed by atoms with Crippen molar-refractivity contribution in [3.63, 3.8) is 0 Å². The number of anilines is 1. The topological polar surface area (TPSA) is 277 Å². The monoisotopic (exact) mass is 864 g/mol. The number of fused-ring (bicyclic) bond motifs is 1. The fourth-order valence-corrected chi connectivity index (χ4v) is 9.20. The Labute approximate surface area is 342 Å². The number of H-pyrrole nitrogens is 1. The standard InChI is InChI=1S/C34H39ClFN11O9S2/c1-3-6-20(49)22(14-55-16(2)48)56-43-24(23-28(35)58-34(37)40-23)31(53)39-25-32(54)46-26(29-41-44-45-42-29)18(15-57-33(25)46)13-47(8-4-5-9-47)10-7-38-30(52)17-11-19(36)27(51)21(50)12-17/h11-12,22,25,33H,3-10,13-15H2,1-2H3,(H6-,37,38,39,40,41,42,43,44,45,50,51,52,53)/p+1/t22-,25+,33+/m0/s1. The molecule has 0 spiro atoms. The van der Waals surface area contributed by atoms with Gasteiger partial charge in [0.15, 0.2) is 33.9 Å². The number of aromatic hydroxyl groups is 2. The minimum atomic E-state index is -1.34. The number of hydrogen-bond donors (Lipinski definition) is 6. The molecule has 58 heavy (non-hydrogen) atoms. The Morgan fingerprint density at radius 3 is 2.64 bits per heavy atom. The highest BCUT2D eigenvalue weighted by Gasteiger charge is 2.55. The van der Waals surface area contributed by atoms with E-state index >= 15 is 0 Å². The Morgan fingerprint density at radius 2 is 2.00 bits per heavy atom. The fraction of sp³-hybridized carbons (Fsp3) is 0.471. The minimum absolute atomic E-state index is 0.000858. The number of thioether (sulfide) groups is 1. The first-order valence-corrected chi connectivity index (χ1v) is 20.3. The number of Topliss-reactive ketones (excluding diaryl/α,β-unsaturated/α-hetero) is 1. The molecule has 3 atom stereocenters. The highest BCUT2D eigenvalue weighted by Crippen LogP contribution is 2.44. The maximum Gasteiger partial charge on any atom is 0.302 e. The van der Waals surface area contributed by atoms with E-state index < -0.39 is 76.6 Å². The first-order valence-electron chi connectivity index (χ1n) is 18.1. The van der Waals surface area contributed by atoms with Gasteiger partial charge >= 0.3 is 5.97 Å². The molecule has 2 aromatic heterocycles. The van der Waals surface area contributed by atoms with Gasteiger partial charge in [0.25, 0.3) is 17.7 Å². The van der Waals surface area contributed by atoms with E-state index in [0.717, 1.165) is 55.0 Å². The molecule has 0 saturated carbocycles. The molecule has 0 aliphatic carbocycles. The number of ether oxygens (including phenoxy) is 1. The van der Waals surface area contributed by atoms with Crippen LogP contribution in [0.2, 0.25) is 4.34 Å². The Balaban J connectivity index is 1.20. The summed E-state index contributed by atoms with van der Waals surface area (Å²) >= 11 is 8.64. The van der Waals surface area contributed by atoms with Gasteiger partial charge in [-0.15, -0.1) is 22.0 Å². The number of likely N-dealkylation sites (tertiary alicyclic amines) is 1. The van der Waals surface area contributed by atoms with Gasteiger partial charge in [0.2, 0.25) is 11.9 Å². The highest BCUT2D eigenvalue weighted by molar-refractivity contribution is 8.00. The molecule has 5 heterocycles. The number of hydrogen-bond acceptors (Lipinski definition) is 17. The van der Waals surface area contributed by atoms with Gasteiger partial charge in [-0.05, 0) is 23.8 Å². The molecule has 3 aliphatic rings. The summed E-state index contributed by atoms with van der Waals surface area (Å²) in [4.78, 5) is 76.1. The van der Waals surface area contributed by atoms with Gasteiger partial charge in [-0.25, -0.2) is 9.37 Å². The number of oxime groups is 1. The van der Waals surface area contributed by atoms with Crippen molar-refractivity contribution < 1.29 is 52.6 Å². The van der Waals surface area contributed by atoms with Crippen molar-refractivity contribution in [3.05, 3.63) is 44.9 Å². The first-order chi connectivity index (χ1) is 27.7. The maximum absolute atomic E-state index is 14.0. The van der Waals surface area contributed by atoms with E-state index in [1.165, 1.54) is 23.6 Å². The Bertz CT molecular complexity index is 2120. The summed E-state index contributed by atoms with van der Waals surface area (Å²) in [5.41, 5.74) is 6.39. The second-order valence-electron chi connectivity index (χ2n) is 13.7. The van der Waals surface area contributed by atoms with Gasteiger partial charge in [-0.3, -0.25) is 28.9 Å². The number of tetrazole rings is 1. The predicted octanol–water partition coefficient (Wildman–Crippen LogP) is 1.32. The predicted molar refractivity (Wildman–Crippen MR) is 207 cm³/mol. The molecular formula is C34H40ClFN11O9S2+. The summed E-state index contributed by atoms with van der Waals surface area (Å²) in [7, 11) is 0. The number of rotatable bonds is 17. The van der Waals surface area contributed by atoms with Crippen LogP contribution in [-0.4, -0.2) is 143 Å². The lowest BCUT2D eigenvalue weighted by Gasteiger charge is -2.50. The first kappa shape index (κ1) is 42.2. The van der Waals surface area contributed by atoms with Crippen LogP contribution >= 0.6 is 34.7 Å². The number of nitrogens with one attached hydrogen (secondary N) is 3. The van der Waals surface area contributed by atoms with Crippen molar-refractivity contribution in [3.8, 4) is 11.5 Å². The van der Waals surface area contributed by atoms with Crippen LogP contribution in [0.1, 0.15) is 61.4 Å². The second kappa shape index (κ2) is 18.0. The molecule has 0 radical (unpaired) electrons. The zero-order valence-electron chi connectivity index (χ0n) is 31.2. The molecule has 3 aliphatic heterocycles. The number of carbonyl (C=O) groups is 5. The number of benzene rings is 1. The third-order valence-corrected chi connectivity index (χ3v) is 12.1. The number of halogens is 2. The molecule has 0 unspecified atom stereocenters. The third-order valence-electron chi connectivity index (χ3n) is 9.72. The van der Waals surface area contributed by atoms with E-state index in [9.17, 15) is 38.6 Å². The van der Waals surface area contributed by atoms with Gasteiger partial charge in [0, 0.05) is 43.1 Å². The van der Waals surface area contributed by atoms with Crippen LogP contribution < -0.4 is 16.4 Å². The van der Waals surface area contributed by atoms with E-state index in [2.05, 4.69) is 41.4 Å². The quantitative estimate of drug-likeness (QED) is 0.0279. The summed E-state index contributed by atoms with van der Waals surface area (Å²) < 4.78 is 19.5. The average Bonchev–Trinajstić information content (AvgIpc) is 3.96. The van der Waals surface area contributed by atoms with Gasteiger partial charge in [0.1, 0.15) is 34.6 Å².